The molecule has 0 spiro atoms. The van der Waals surface area contributed by atoms with E-state index in [9.17, 15) is 9.59 Å². The van der Waals surface area contributed by atoms with E-state index in [1.165, 1.54) is 17.3 Å². The number of likely N-dealkylation sites (N-methyl/N-ethyl adjacent to an activating group) is 1. The van der Waals surface area contributed by atoms with Gasteiger partial charge in [-0.3, -0.25) is 9.59 Å². The second kappa shape index (κ2) is 11.5. The summed E-state index contributed by atoms with van der Waals surface area (Å²) in [6.07, 6.45) is 0.466. The summed E-state index contributed by atoms with van der Waals surface area (Å²) in [7, 11) is 1.62. The molecule has 3 rings (SSSR count). The van der Waals surface area contributed by atoms with E-state index in [-0.39, 0.29) is 17.6 Å². The van der Waals surface area contributed by atoms with Crippen molar-refractivity contribution in [2.75, 3.05) is 12.8 Å². The van der Waals surface area contributed by atoms with E-state index < -0.39 is 6.04 Å². The third-order valence-corrected chi connectivity index (χ3v) is 6.33. The van der Waals surface area contributed by atoms with Crippen LogP contribution in [0.4, 0.5) is 0 Å². The van der Waals surface area contributed by atoms with Crippen LogP contribution in [-0.2, 0) is 22.6 Å². The van der Waals surface area contributed by atoms with Gasteiger partial charge >= 0.3 is 0 Å². The first-order valence-corrected chi connectivity index (χ1v) is 11.7. The van der Waals surface area contributed by atoms with Crippen LogP contribution < -0.4 is 5.32 Å². The summed E-state index contributed by atoms with van der Waals surface area (Å²) in [6.45, 7) is 4.46. The number of carbonyl (C=O) groups excluding carboxylic acids is 2. The summed E-state index contributed by atoms with van der Waals surface area (Å²) in [4.78, 5) is 29.1. The summed E-state index contributed by atoms with van der Waals surface area (Å²) in [5.74, 6) is 0.0637. The lowest BCUT2D eigenvalue weighted by Crippen LogP contribution is -2.50. The number of rotatable bonds is 9. The normalized spacial score (nSPS) is 11.6. The summed E-state index contributed by atoms with van der Waals surface area (Å²) >= 11 is 1.50. The number of thioether (sulfide) groups is 1. The van der Waals surface area contributed by atoms with Gasteiger partial charge in [0.15, 0.2) is 0 Å². The summed E-state index contributed by atoms with van der Waals surface area (Å²) in [5.41, 5.74) is 4.35. The highest BCUT2D eigenvalue weighted by atomic mass is 32.2. The molecular formula is C27H30N2O2S. The highest BCUT2D eigenvalue weighted by molar-refractivity contribution is 8.00. The van der Waals surface area contributed by atoms with Crippen LogP contribution in [0.5, 0.6) is 0 Å². The first-order chi connectivity index (χ1) is 15.5. The minimum atomic E-state index is -0.589. The highest BCUT2D eigenvalue weighted by Gasteiger charge is 2.29. The second-order valence-electron chi connectivity index (χ2n) is 7.93. The number of benzene rings is 3. The van der Waals surface area contributed by atoms with Crippen molar-refractivity contribution in [1.82, 2.24) is 10.2 Å². The largest absolute Gasteiger partial charge is 0.357 e. The molecule has 3 aromatic carbocycles. The third-order valence-electron chi connectivity index (χ3n) is 5.34. The molecule has 0 fully saturated rings. The fourth-order valence-corrected chi connectivity index (χ4v) is 4.37. The van der Waals surface area contributed by atoms with E-state index in [1.54, 1.807) is 11.9 Å². The average molecular weight is 447 g/mol. The topological polar surface area (TPSA) is 49.4 Å². The van der Waals surface area contributed by atoms with Crippen molar-refractivity contribution >= 4 is 23.6 Å². The molecule has 0 aliphatic heterocycles. The molecule has 0 aliphatic carbocycles. The number of hydrogen-bond acceptors (Lipinski definition) is 3. The van der Waals surface area contributed by atoms with Crippen molar-refractivity contribution in [2.45, 2.75) is 37.8 Å². The number of nitrogens with one attached hydrogen (secondary N) is 1. The van der Waals surface area contributed by atoms with Crippen molar-refractivity contribution in [2.24, 2.45) is 0 Å². The molecule has 0 saturated heterocycles. The molecule has 1 unspecified atom stereocenters. The van der Waals surface area contributed by atoms with Gasteiger partial charge in [-0.15, -0.1) is 11.8 Å². The molecule has 0 saturated carbocycles. The lowest BCUT2D eigenvalue weighted by atomic mass is 10.0. The molecular weight excluding hydrogens is 416 g/mol. The molecule has 0 heterocycles. The maximum Gasteiger partial charge on any atom is 0.242 e. The van der Waals surface area contributed by atoms with Gasteiger partial charge in [0.1, 0.15) is 6.04 Å². The number of hydrogen-bond donors (Lipinski definition) is 1. The molecule has 0 aromatic heterocycles. The Hall–Kier alpha value is -3.05. The monoisotopic (exact) mass is 446 g/mol. The van der Waals surface area contributed by atoms with Crippen LogP contribution in [0.15, 0.2) is 83.8 Å². The van der Waals surface area contributed by atoms with E-state index >= 15 is 0 Å². The van der Waals surface area contributed by atoms with Crippen molar-refractivity contribution in [3.05, 3.63) is 101 Å². The SMILES string of the molecule is CNC(=O)C(Cc1ccccc1)N(Cc1cccc(C)c1)C(=O)CSc1ccc(C)cc1. The Morgan fingerprint density at radius 2 is 1.56 bits per heavy atom. The van der Waals surface area contributed by atoms with Gasteiger partial charge in [0.25, 0.3) is 0 Å². The van der Waals surface area contributed by atoms with Gasteiger partial charge in [0.2, 0.25) is 11.8 Å². The number of amides is 2. The Balaban J connectivity index is 1.86. The molecule has 0 bridgehead atoms. The maximum absolute atomic E-state index is 13.4. The summed E-state index contributed by atoms with van der Waals surface area (Å²) in [6, 6.07) is 25.5. The molecule has 1 atom stereocenters. The predicted octanol–water partition coefficient (Wildman–Crippen LogP) is 4.78. The second-order valence-corrected chi connectivity index (χ2v) is 8.98. The summed E-state index contributed by atoms with van der Waals surface area (Å²) < 4.78 is 0. The molecule has 0 aliphatic rings. The van der Waals surface area contributed by atoms with Crippen LogP contribution in [0.3, 0.4) is 0 Å². The van der Waals surface area contributed by atoms with E-state index in [4.69, 9.17) is 0 Å². The van der Waals surface area contributed by atoms with Crippen LogP contribution >= 0.6 is 11.8 Å². The molecule has 0 radical (unpaired) electrons. The predicted molar refractivity (Wildman–Crippen MR) is 132 cm³/mol. The fraction of sp³-hybridized carbons (Fsp3) is 0.259. The number of nitrogens with zero attached hydrogens (tertiary/aromatic N) is 1. The smallest absolute Gasteiger partial charge is 0.242 e. The van der Waals surface area contributed by atoms with Crippen LogP contribution in [0.25, 0.3) is 0 Å². The van der Waals surface area contributed by atoms with Gasteiger partial charge in [0.05, 0.1) is 5.75 Å². The maximum atomic E-state index is 13.4. The van der Waals surface area contributed by atoms with E-state index in [1.807, 2.05) is 86.6 Å². The first kappa shape index (κ1) is 23.6. The molecule has 4 nitrogen and oxygen atoms in total. The zero-order valence-corrected chi connectivity index (χ0v) is 19.7. The third kappa shape index (κ3) is 6.72. The van der Waals surface area contributed by atoms with Crippen molar-refractivity contribution in [1.29, 1.82) is 0 Å². The van der Waals surface area contributed by atoms with Crippen LogP contribution in [0, 0.1) is 13.8 Å². The minimum absolute atomic E-state index is 0.0541. The van der Waals surface area contributed by atoms with Gasteiger partial charge in [-0.05, 0) is 37.1 Å². The summed E-state index contributed by atoms with van der Waals surface area (Å²) in [5, 5.41) is 2.76. The van der Waals surface area contributed by atoms with Gasteiger partial charge in [-0.2, -0.15) is 0 Å². The Morgan fingerprint density at radius 3 is 2.22 bits per heavy atom. The quantitative estimate of drug-likeness (QED) is 0.481. The van der Waals surface area contributed by atoms with Gasteiger partial charge in [-0.1, -0.05) is 77.9 Å². The average Bonchev–Trinajstić information content (AvgIpc) is 2.81. The molecule has 2 amide bonds. The molecule has 32 heavy (non-hydrogen) atoms. The zero-order chi connectivity index (χ0) is 22.9. The Morgan fingerprint density at radius 1 is 0.875 bits per heavy atom. The Labute approximate surface area is 195 Å². The van der Waals surface area contributed by atoms with Crippen LogP contribution in [-0.4, -0.2) is 35.6 Å². The lowest BCUT2D eigenvalue weighted by Gasteiger charge is -2.31. The molecule has 1 N–H and O–H groups in total. The minimum Gasteiger partial charge on any atom is -0.357 e. The van der Waals surface area contributed by atoms with Gasteiger partial charge in [-0.25, -0.2) is 0 Å². The molecule has 5 heteroatoms. The van der Waals surface area contributed by atoms with Crippen LogP contribution in [0.2, 0.25) is 0 Å². The first-order valence-electron chi connectivity index (χ1n) is 10.8. The molecule has 166 valence electrons. The number of carbonyl (C=O) groups is 2. The standard InChI is InChI=1S/C27H30N2O2S/c1-20-12-14-24(15-13-20)32-19-26(30)29(18-23-11-7-8-21(2)16-23)25(27(31)28-3)17-22-9-5-4-6-10-22/h4-16,25H,17-19H2,1-3H3,(H,28,31). The molecule has 3 aromatic rings. The lowest BCUT2D eigenvalue weighted by molar-refractivity contribution is -0.139. The number of aryl methyl sites for hydroxylation is 2. The van der Waals surface area contributed by atoms with Gasteiger partial charge < -0.3 is 10.2 Å². The zero-order valence-electron chi connectivity index (χ0n) is 18.9. The van der Waals surface area contributed by atoms with Crippen molar-refractivity contribution in [3.63, 3.8) is 0 Å². The van der Waals surface area contributed by atoms with Crippen molar-refractivity contribution in [3.8, 4) is 0 Å². The Kier molecular flexibility index (Phi) is 8.51. The van der Waals surface area contributed by atoms with E-state index in [0.29, 0.717) is 13.0 Å². The van der Waals surface area contributed by atoms with E-state index in [0.717, 1.165) is 21.6 Å². The highest BCUT2D eigenvalue weighted by Crippen LogP contribution is 2.21. The van der Waals surface area contributed by atoms with E-state index in [2.05, 4.69) is 11.4 Å². The van der Waals surface area contributed by atoms with Crippen molar-refractivity contribution < 1.29 is 9.59 Å². The fourth-order valence-electron chi connectivity index (χ4n) is 3.59. The van der Waals surface area contributed by atoms with Crippen LogP contribution in [0.1, 0.15) is 22.3 Å². The van der Waals surface area contributed by atoms with Gasteiger partial charge in [0, 0.05) is 24.9 Å². The Bertz CT molecular complexity index is 1040.